The van der Waals surface area contributed by atoms with Gasteiger partial charge in [-0.15, -0.1) is 0 Å². The van der Waals surface area contributed by atoms with Crippen molar-refractivity contribution in [2.24, 2.45) is 0 Å². The van der Waals surface area contributed by atoms with Crippen LogP contribution in [0.1, 0.15) is 37.7 Å². The Morgan fingerprint density at radius 1 is 1.28 bits per heavy atom. The number of hydrogen-bond donors (Lipinski definition) is 0. The lowest BCUT2D eigenvalue weighted by Gasteiger charge is -2.38. The second-order valence-corrected chi connectivity index (χ2v) is 10.3. The Kier molecular flexibility index (Phi) is 5.44. The zero-order valence-electron chi connectivity index (χ0n) is 14.6. The molecule has 2 fully saturated rings. The van der Waals surface area contributed by atoms with Crippen LogP contribution in [-0.4, -0.2) is 49.9 Å². The third-order valence-corrected chi connectivity index (χ3v) is 7.52. The van der Waals surface area contributed by atoms with Gasteiger partial charge in [0.15, 0.2) is 0 Å². The molecule has 0 radical (unpaired) electrons. The second kappa shape index (κ2) is 7.27. The SMILES string of the molecule is COc1ccc(Br)cc1CCC(=O)N1C2CCC1CC(S(C)(=O)=O)C2. The van der Waals surface area contributed by atoms with Gasteiger partial charge in [-0.05, 0) is 55.9 Å². The number of aryl methyl sites for hydroxylation is 1. The van der Waals surface area contributed by atoms with Crippen molar-refractivity contribution in [3.8, 4) is 5.75 Å². The predicted molar refractivity (Wildman–Crippen MR) is 101 cm³/mol. The van der Waals surface area contributed by atoms with Crippen molar-refractivity contribution in [1.29, 1.82) is 0 Å². The highest BCUT2D eigenvalue weighted by Crippen LogP contribution is 2.38. The fraction of sp³-hybridized carbons (Fsp3) is 0.611. The monoisotopic (exact) mass is 429 g/mol. The minimum absolute atomic E-state index is 0.0791. The van der Waals surface area contributed by atoms with Gasteiger partial charge >= 0.3 is 0 Å². The Hall–Kier alpha value is -1.08. The number of halogens is 1. The predicted octanol–water partition coefficient (Wildman–Crippen LogP) is 2.96. The molecule has 1 aromatic carbocycles. The Morgan fingerprint density at radius 2 is 1.92 bits per heavy atom. The van der Waals surface area contributed by atoms with Gasteiger partial charge < -0.3 is 9.64 Å². The molecule has 0 aromatic heterocycles. The summed E-state index contributed by atoms with van der Waals surface area (Å²) in [5.74, 6) is 0.913. The number of benzene rings is 1. The van der Waals surface area contributed by atoms with Gasteiger partial charge in [0, 0.05) is 29.2 Å². The number of nitrogens with zero attached hydrogens (tertiary/aromatic N) is 1. The lowest BCUT2D eigenvalue weighted by atomic mass is 10.0. The maximum Gasteiger partial charge on any atom is 0.223 e. The number of fused-ring (bicyclic) bond motifs is 2. The maximum atomic E-state index is 12.8. The van der Waals surface area contributed by atoms with Gasteiger partial charge in [0.25, 0.3) is 0 Å². The molecule has 2 atom stereocenters. The van der Waals surface area contributed by atoms with Gasteiger partial charge in [-0.25, -0.2) is 8.42 Å². The van der Waals surface area contributed by atoms with Crippen molar-refractivity contribution in [3.05, 3.63) is 28.2 Å². The Morgan fingerprint density at radius 3 is 2.48 bits per heavy atom. The first kappa shape index (κ1) is 18.7. The quantitative estimate of drug-likeness (QED) is 0.721. The van der Waals surface area contributed by atoms with Gasteiger partial charge in [-0.2, -0.15) is 0 Å². The average molecular weight is 430 g/mol. The molecule has 1 amide bonds. The summed E-state index contributed by atoms with van der Waals surface area (Å²) in [6, 6.07) is 5.95. The van der Waals surface area contributed by atoms with E-state index >= 15 is 0 Å². The topological polar surface area (TPSA) is 63.7 Å². The van der Waals surface area contributed by atoms with Gasteiger partial charge in [0.2, 0.25) is 5.91 Å². The average Bonchev–Trinajstić information content (AvgIpc) is 2.81. The van der Waals surface area contributed by atoms with Crippen molar-refractivity contribution in [2.75, 3.05) is 13.4 Å². The van der Waals surface area contributed by atoms with Crippen LogP contribution >= 0.6 is 15.9 Å². The van der Waals surface area contributed by atoms with Crippen molar-refractivity contribution in [3.63, 3.8) is 0 Å². The first-order valence-corrected chi connectivity index (χ1v) is 11.4. The van der Waals surface area contributed by atoms with E-state index in [0.717, 1.165) is 28.6 Å². The van der Waals surface area contributed by atoms with E-state index in [2.05, 4.69) is 15.9 Å². The van der Waals surface area contributed by atoms with Crippen molar-refractivity contribution < 1.29 is 17.9 Å². The molecule has 25 heavy (non-hydrogen) atoms. The largest absolute Gasteiger partial charge is 0.496 e. The fourth-order valence-electron chi connectivity index (χ4n) is 4.20. The molecule has 0 saturated carbocycles. The third kappa shape index (κ3) is 4.03. The fourth-order valence-corrected chi connectivity index (χ4v) is 5.75. The van der Waals surface area contributed by atoms with E-state index in [1.54, 1.807) is 7.11 Å². The molecule has 0 N–H and O–H groups in total. The van der Waals surface area contributed by atoms with Gasteiger partial charge in [0.05, 0.1) is 12.4 Å². The van der Waals surface area contributed by atoms with E-state index in [9.17, 15) is 13.2 Å². The summed E-state index contributed by atoms with van der Waals surface area (Å²) in [6.45, 7) is 0. The summed E-state index contributed by atoms with van der Waals surface area (Å²) in [4.78, 5) is 14.8. The lowest BCUT2D eigenvalue weighted by Crippen LogP contribution is -2.49. The summed E-state index contributed by atoms with van der Waals surface area (Å²) in [6.07, 6.45) is 5.36. The van der Waals surface area contributed by atoms with Crippen LogP contribution in [0.2, 0.25) is 0 Å². The molecule has 2 aliphatic heterocycles. The molecule has 3 rings (SSSR count). The van der Waals surface area contributed by atoms with Crippen LogP contribution in [0.3, 0.4) is 0 Å². The van der Waals surface area contributed by atoms with E-state index in [0.29, 0.717) is 25.7 Å². The van der Waals surface area contributed by atoms with Crippen molar-refractivity contribution >= 4 is 31.7 Å². The number of methoxy groups -OCH3 is 1. The Balaban J connectivity index is 1.66. The highest BCUT2D eigenvalue weighted by molar-refractivity contribution is 9.10. The van der Waals surface area contributed by atoms with Crippen molar-refractivity contribution in [2.45, 2.75) is 55.9 Å². The van der Waals surface area contributed by atoms with Crippen LogP contribution in [0.4, 0.5) is 0 Å². The third-order valence-electron chi connectivity index (χ3n) is 5.43. The summed E-state index contributed by atoms with van der Waals surface area (Å²) in [5.41, 5.74) is 1.00. The van der Waals surface area contributed by atoms with Crippen LogP contribution in [0.5, 0.6) is 5.75 Å². The minimum Gasteiger partial charge on any atom is -0.496 e. The molecular weight excluding hydrogens is 406 g/mol. The molecule has 5 nitrogen and oxygen atoms in total. The number of sulfone groups is 1. The molecule has 2 unspecified atom stereocenters. The van der Waals surface area contributed by atoms with Crippen molar-refractivity contribution in [1.82, 2.24) is 4.90 Å². The molecule has 2 bridgehead atoms. The zero-order chi connectivity index (χ0) is 18.2. The Labute approximate surface area is 157 Å². The normalized spacial score (nSPS) is 25.9. The van der Waals surface area contributed by atoms with Gasteiger partial charge in [-0.1, -0.05) is 15.9 Å². The summed E-state index contributed by atoms with van der Waals surface area (Å²) in [5, 5.41) is -0.292. The molecule has 2 heterocycles. The number of ether oxygens (including phenoxy) is 1. The number of piperidine rings is 1. The summed E-state index contributed by atoms with van der Waals surface area (Å²) >= 11 is 3.46. The number of hydrogen-bond acceptors (Lipinski definition) is 4. The van der Waals surface area contributed by atoms with E-state index < -0.39 is 9.84 Å². The molecule has 2 aliphatic rings. The molecule has 2 saturated heterocycles. The number of carbonyl (C=O) groups is 1. The molecule has 1 aromatic rings. The molecule has 0 spiro atoms. The number of carbonyl (C=O) groups excluding carboxylic acids is 1. The number of amides is 1. The second-order valence-electron chi connectivity index (χ2n) is 7.07. The van der Waals surface area contributed by atoms with E-state index in [1.165, 1.54) is 6.26 Å². The van der Waals surface area contributed by atoms with Crippen LogP contribution in [0.15, 0.2) is 22.7 Å². The van der Waals surface area contributed by atoms with Crippen LogP contribution < -0.4 is 4.74 Å². The van der Waals surface area contributed by atoms with E-state index in [1.807, 2.05) is 23.1 Å². The Bertz CT molecular complexity index is 750. The standard InChI is InChI=1S/C18H24BrNO4S/c1-24-17-7-4-13(19)9-12(17)3-8-18(21)20-14-5-6-15(20)11-16(10-14)25(2,22)23/h4,7,9,14-16H,3,5-6,8,10-11H2,1-2H3. The van der Waals surface area contributed by atoms with Crippen LogP contribution in [0.25, 0.3) is 0 Å². The van der Waals surface area contributed by atoms with E-state index in [-0.39, 0.29) is 23.2 Å². The minimum atomic E-state index is -3.03. The smallest absolute Gasteiger partial charge is 0.223 e. The lowest BCUT2D eigenvalue weighted by molar-refractivity contribution is -0.135. The first-order valence-electron chi connectivity index (χ1n) is 8.62. The van der Waals surface area contributed by atoms with E-state index in [4.69, 9.17) is 4.74 Å². The highest BCUT2D eigenvalue weighted by atomic mass is 79.9. The molecule has 138 valence electrons. The maximum absolute atomic E-state index is 12.8. The van der Waals surface area contributed by atoms with Crippen LogP contribution in [-0.2, 0) is 21.1 Å². The number of rotatable bonds is 5. The first-order chi connectivity index (χ1) is 11.8. The molecular formula is C18H24BrNO4S. The van der Waals surface area contributed by atoms with Gasteiger partial charge in [-0.3, -0.25) is 4.79 Å². The van der Waals surface area contributed by atoms with Gasteiger partial charge in [0.1, 0.15) is 15.6 Å². The molecule has 0 aliphatic carbocycles. The highest BCUT2D eigenvalue weighted by Gasteiger charge is 2.45. The summed E-state index contributed by atoms with van der Waals surface area (Å²) < 4.78 is 30.1. The zero-order valence-corrected chi connectivity index (χ0v) is 17.0. The summed E-state index contributed by atoms with van der Waals surface area (Å²) in [7, 11) is -1.40. The molecule has 7 heteroatoms. The van der Waals surface area contributed by atoms with Crippen LogP contribution in [0, 0.1) is 0 Å².